The minimum Gasteiger partial charge on any atom is -0.462 e. The molecule has 0 heterocycles. The molecule has 0 radical (unpaired) electrons. The zero-order valence-electron chi connectivity index (χ0n) is 13.7. The summed E-state index contributed by atoms with van der Waals surface area (Å²) in [7, 11) is 0. The maximum Gasteiger partial charge on any atom is 0.333 e. The van der Waals surface area contributed by atoms with Crippen LogP contribution in [-0.2, 0) is 9.53 Å². The number of carbonyl (C=O) groups is 1. The molecule has 0 N–H and O–H groups in total. The van der Waals surface area contributed by atoms with Crippen molar-refractivity contribution >= 4 is 5.97 Å². The van der Waals surface area contributed by atoms with Crippen LogP contribution in [0.25, 0.3) is 0 Å². The van der Waals surface area contributed by atoms with E-state index in [4.69, 9.17) is 4.74 Å². The summed E-state index contributed by atoms with van der Waals surface area (Å²) in [5.41, 5.74) is 0.490. The van der Waals surface area contributed by atoms with Gasteiger partial charge in [0.15, 0.2) is 0 Å². The molecule has 0 aromatic rings. The van der Waals surface area contributed by atoms with Crippen LogP contribution in [0.3, 0.4) is 0 Å². The topological polar surface area (TPSA) is 26.3 Å². The summed E-state index contributed by atoms with van der Waals surface area (Å²) in [4.78, 5) is 11.1. The van der Waals surface area contributed by atoms with Crippen LogP contribution in [0, 0.1) is 0 Å². The number of hydrogen-bond donors (Lipinski definition) is 0. The van der Waals surface area contributed by atoms with Crippen LogP contribution in [0.15, 0.2) is 12.2 Å². The van der Waals surface area contributed by atoms with Crippen molar-refractivity contribution in [2.24, 2.45) is 0 Å². The number of rotatable bonds is 14. The molecule has 0 rings (SSSR count). The maximum atomic E-state index is 11.1. The van der Waals surface area contributed by atoms with E-state index in [0.717, 1.165) is 6.42 Å². The zero-order chi connectivity index (χ0) is 15.1. The van der Waals surface area contributed by atoms with Gasteiger partial charge in [-0.1, -0.05) is 84.1 Å². The Morgan fingerprint density at radius 2 is 1.20 bits per heavy atom. The molecule has 0 aliphatic heterocycles. The Hall–Kier alpha value is -0.790. The number of hydrogen-bond acceptors (Lipinski definition) is 2. The van der Waals surface area contributed by atoms with Crippen LogP contribution in [0.1, 0.15) is 90.9 Å². The Balaban J connectivity index is 3.06. The number of esters is 1. The molecular weight excluding hydrogens is 248 g/mol. The van der Waals surface area contributed by atoms with Gasteiger partial charge in [-0.3, -0.25) is 0 Å². The van der Waals surface area contributed by atoms with E-state index in [2.05, 4.69) is 13.5 Å². The van der Waals surface area contributed by atoms with Crippen molar-refractivity contribution in [3.63, 3.8) is 0 Å². The van der Waals surface area contributed by atoms with E-state index in [9.17, 15) is 4.79 Å². The Bertz CT molecular complexity index is 246. The van der Waals surface area contributed by atoms with Gasteiger partial charge in [-0.2, -0.15) is 0 Å². The van der Waals surface area contributed by atoms with Gasteiger partial charge in [0.1, 0.15) is 0 Å². The Kier molecular flexibility index (Phi) is 14.0. The molecule has 0 spiro atoms. The Morgan fingerprint density at radius 1 is 0.800 bits per heavy atom. The first-order valence-corrected chi connectivity index (χ1v) is 8.51. The zero-order valence-corrected chi connectivity index (χ0v) is 13.7. The molecule has 0 bridgehead atoms. The van der Waals surface area contributed by atoms with Gasteiger partial charge >= 0.3 is 5.97 Å². The van der Waals surface area contributed by atoms with E-state index in [1.54, 1.807) is 6.92 Å². The third-order valence-electron chi connectivity index (χ3n) is 3.58. The van der Waals surface area contributed by atoms with Gasteiger partial charge in [0, 0.05) is 5.57 Å². The second kappa shape index (κ2) is 14.6. The number of ether oxygens (including phenoxy) is 1. The molecule has 0 aromatic heterocycles. The number of unbranched alkanes of at least 4 members (excludes halogenated alkanes) is 11. The van der Waals surface area contributed by atoms with Crippen molar-refractivity contribution in [1.29, 1.82) is 0 Å². The number of carbonyl (C=O) groups excluding carboxylic acids is 1. The fourth-order valence-corrected chi connectivity index (χ4v) is 2.23. The fourth-order valence-electron chi connectivity index (χ4n) is 2.23. The van der Waals surface area contributed by atoms with Gasteiger partial charge in [-0.15, -0.1) is 0 Å². The molecule has 0 amide bonds. The fraction of sp³-hybridized carbons (Fsp3) is 0.833. The Morgan fingerprint density at radius 3 is 1.60 bits per heavy atom. The molecule has 0 atom stereocenters. The van der Waals surface area contributed by atoms with Crippen molar-refractivity contribution in [1.82, 2.24) is 0 Å². The lowest BCUT2D eigenvalue weighted by Crippen LogP contribution is -2.05. The standard InChI is InChI=1S/C18H34O2/c1-4-5-6-7-8-9-10-11-12-13-14-15-16-20-18(19)17(2)3/h2,4-16H2,1,3H3. The normalized spacial score (nSPS) is 10.5. The van der Waals surface area contributed by atoms with E-state index in [1.807, 2.05) is 0 Å². The monoisotopic (exact) mass is 282 g/mol. The average molecular weight is 282 g/mol. The summed E-state index contributed by atoms with van der Waals surface area (Å²) in [6.07, 6.45) is 15.9. The summed E-state index contributed by atoms with van der Waals surface area (Å²) in [5.74, 6) is -0.256. The van der Waals surface area contributed by atoms with E-state index in [1.165, 1.54) is 70.6 Å². The summed E-state index contributed by atoms with van der Waals surface area (Å²) >= 11 is 0. The van der Waals surface area contributed by atoms with Gasteiger partial charge < -0.3 is 4.74 Å². The van der Waals surface area contributed by atoms with Crippen molar-refractivity contribution in [2.75, 3.05) is 6.61 Å². The third kappa shape index (κ3) is 13.6. The lowest BCUT2D eigenvalue weighted by atomic mass is 10.1. The highest BCUT2D eigenvalue weighted by molar-refractivity contribution is 5.86. The Labute approximate surface area is 126 Å². The summed E-state index contributed by atoms with van der Waals surface area (Å²) in [5, 5.41) is 0. The highest BCUT2D eigenvalue weighted by Gasteiger charge is 2.01. The molecule has 0 aliphatic carbocycles. The molecule has 0 saturated carbocycles. The van der Waals surface area contributed by atoms with Gasteiger partial charge in [-0.05, 0) is 13.3 Å². The van der Waals surface area contributed by atoms with E-state index in [0.29, 0.717) is 12.2 Å². The van der Waals surface area contributed by atoms with E-state index < -0.39 is 0 Å². The van der Waals surface area contributed by atoms with Gasteiger partial charge in [0.05, 0.1) is 6.61 Å². The summed E-state index contributed by atoms with van der Waals surface area (Å²) in [6, 6.07) is 0. The minimum atomic E-state index is -0.256. The molecule has 0 saturated heterocycles. The van der Waals surface area contributed by atoms with Crippen LogP contribution in [0.2, 0.25) is 0 Å². The van der Waals surface area contributed by atoms with Gasteiger partial charge in [0.2, 0.25) is 0 Å². The first-order valence-electron chi connectivity index (χ1n) is 8.51. The predicted octanol–water partition coefficient (Wildman–Crippen LogP) is 5.81. The van der Waals surface area contributed by atoms with Crippen LogP contribution in [0.4, 0.5) is 0 Å². The molecular formula is C18H34O2. The van der Waals surface area contributed by atoms with Gasteiger partial charge in [0.25, 0.3) is 0 Å². The first kappa shape index (κ1) is 19.2. The summed E-state index contributed by atoms with van der Waals surface area (Å²) < 4.78 is 5.06. The second-order valence-electron chi connectivity index (χ2n) is 5.81. The van der Waals surface area contributed by atoms with Crippen LogP contribution >= 0.6 is 0 Å². The predicted molar refractivity (Wildman–Crippen MR) is 86.9 cm³/mol. The van der Waals surface area contributed by atoms with Crippen LogP contribution in [0.5, 0.6) is 0 Å². The largest absolute Gasteiger partial charge is 0.462 e. The van der Waals surface area contributed by atoms with Crippen molar-refractivity contribution < 1.29 is 9.53 Å². The average Bonchev–Trinajstić information content (AvgIpc) is 2.43. The van der Waals surface area contributed by atoms with Gasteiger partial charge in [-0.25, -0.2) is 4.79 Å². The third-order valence-corrected chi connectivity index (χ3v) is 3.58. The lowest BCUT2D eigenvalue weighted by molar-refractivity contribution is -0.139. The second-order valence-corrected chi connectivity index (χ2v) is 5.81. The lowest BCUT2D eigenvalue weighted by Gasteiger charge is -2.04. The molecule has 20 heavy (non-hydrogen) atoms. The molecule has 0 aromatic carbocycles. The highest BCUT2D eigenvalue weighted by atomic mass is 16.5. The van der Waals surface area contributed by atoms with Crippen molar-refractivity contribution in [3.05, 3.63) is 12.2 Å². The molecule has 2 nitrogen and oxygen atoms in total. The molecule has 0 unspecified atom stereocenters. The molecule has 2 heteroatoms. The van der Waals surface area contributed by atoms with Crippen molar-refractivity contribution in [3.8, 4) is 0 Å². The van der Waals surface area contributed by atoms with Crippen LogP contribution < -0.4 is 0 Å². The molecule has 0 aliphatic rings. The molecule has 0 fully saturated rings. The van der Waals surface area contributed by atoms with E-state index >= 15 is 0 Å². The van der Waals surface area contributed by atoms with Crippen molar-refractivity contribution in [2.45, 2.75) is 90.9 Å². The maximum absolute atomic E-state index is 11.1. The first-order chi connectivity index (χ1) is 9.68. The smallest absolute Gasteiger partial charge is 0.333 e. The summed E-state index contributed by atoms with van der Waals surface area (Å²) in [6.45, 7) is 8.05. The quantitative estimate of drug-likeness (QED) is 0.228. The minimum absolute atomic E-state index is 0.256. The molecule has 118 valence electrons. The highest BCUT2D eigenvalue weighted by Crippen LogP contribution is 2.11. The SMILES string of the molecule is C=C(C)C(=O)OCCCCCCCCCCCCCC. The van der Waals surface area contributed by atoms with Crippen LogP contribution in [-0.4, -0.2) is 12.6 Å². The van der Waals surface area contributed by atoms with E-state index in [-0.39, 0.29) is 5.97 Å².